The monoisotopic (exact) mass is 161 g/mol. The van der Waals surface area contributed by atoms with Gasteiger partial charge >= 0.3 is 33.3 Å². The van der Waals surface area contributed by atoms with E-state index in [1.54, 1.807) is 6.92 Å². The molecule has 0 aromatic heterocycles. The van der Waals surface area contributed by atoms with Crippen LogP contribution in [0.3, 0.4) is 0 Å². The van der Waals surface area contributed by atoms with Crippen molar-refractivity contribution in [1.29, 1.82) is 0 Å². The van der Waals surface area contributed by atoms with E-state index in [1.807, 2.05) is 0 Å². The van der Waals surface area contributed by atoms with Crippen molar-refractivity contribution >= 4 is 14.4 Å². The van der Waals surface area contributed by atoms with E-state index in [9.17, 15) is 9.36 Å². The zero-order valence-corrected chi connectivity index (χ0v) is 6.63. The molecule has 0 aliphatic rings. The van der Waals surface area contributed by atoms with Crippen LogP contribution >= 0.6 is 8.25 Å². The molecule has 0 aliphatic heterocycles. The molecule has 0 amide bonds. The van der Waals surface area contributed by atoms with Gasteiger partial charge in [0.25, 0.3) is 0 Å². The van der Waals surface area contributed by atoms with E-state index in [2.05, 4.69) is 9.05 Å². The van der Waals surface area contributed by atoms with Gasteiger partial charge in [-0.25, -0.2) is 0 Å². The number of hydrogen-bond donors (Lipinski definition) is 1. The molecule has 7 heteroatoms. The van der Waals surface area contributed by atoms with Crippen molar-refractivity contribution in [1.82, 2.24) is 0 Å². The van der Waals surface area contributed by atoms with Crippen molar-refractivity contribution in [3.05, 3.63) is 0 Å². The number of carboxylic acid groups (broad SMARTS) is 1. The summed E-state index contributed by atoms with van der Waals surface area (Å²) in [6.07, 6.45) is -1.59. The summed E-state index contributed by atoms with van der Waals surface area (Å²) in [6, 6.07) is 0. The Labute approximate surface area is 72.3 Å². The molecule has 0 saturated carbocycles. The van der Waals surface area contributed by atoms with Crippen molar-refractivity contribution < 1.29 is 43.8 Å². The Morgan fingerprint density at radius 3 is 2.60 bits per heavy atom. The summed E-state index contributed by atoms with van der Waals surface area (Å²) < 4.78 is 18.1. The van der Waals surface area contributed by atoms with Gasteiger partial charge in [0.15, 0.2) is 0 Å². The molecular formula is C3H7LiO5P+. The maximum Gasteiger partial charge on any atom is 1.00 e. The van der Waals surface area contributed by atoms with Crippen molar-refractivity contribution in [3.8, 4) is 0 Å². The number of rotatable bonds is 3. The fourth-order valence-corrected chi connectivity index (χ4v) is 0.587. The predicted molar refractivity (Wildman–Crippen MR) is 29.5 cm³/mol. The summed E-state index contributed by atoms with van der Waals surface area (Å²) in [4.78, 5) is 9.60. The van der Waals surface area contributed by atoms with Crippen LogP contribution < -0.4 is 18.9 Å². The Balaban J connectivity index is -0.000000320. The molecule has 0 fully saturated rings. The van der Waals surface area contributed by atoms with Crippen molar-refractivity contribution in [3.63, 3.8) is 0 Å². The van der Waals surface area contributed by atoms with E-state index in [0.29, 0.717) is 0 Å². The van der Waals surface area contributed by atoms with E-state index < -0.39 is 14.4 Å². The fraction of sp³-hybridized carbons (Fsp3) is 0.667. The Morgan fingerprint density at radius 2 is 2.30 bits per heavy atom. The maximum atomic E-state index is 10.2. The topological polar surface area (TPSA) is 72.8 Å². The van der Waals surface area contributed by atoms with Crippen molar-refractivity contribution in [2.45, 2.75) is 6.92 Å². The number of hydrogen-bond acceptors (Lipinski definition) is 4. The molecule has 1 unspecified atom stereocenters. The standard InChI is InChI=1S/C3H5O5P.Li.H/c1-2-7-9(6)8-3(4)5;;/h2H2,1H3;;/q;+1;-1/p+1. The smallest absolute Gasteiger partial charge is 1.00 e. The molecule has 0 bridgehead atoms. The molecule has 0 spiro atoms. The third-order valence-corrected chi connectivity index (χ3v) is 1.16. The largest absolute Gasteiger partial charge is 1.00 e. The van der Waals surface area contributed by atoms with Crippen LogP contribution in [0.25, 0.3) is 0 Å². The number of carbonyl (C=O) groups is 1. The molecule has 0 aromatic rings. The molecule has 1 atom stereocenters. The fourth-order valence-electron chi connectivity index (χ4n) is 0.196. The molecule has 0 rings (SSSR count). The Hall–Kier alpha value is -0.0726. The normalized spacial score (nSPS) is 9.50. The Bertz CT molecular complexity index is 131. The van der Waals surface area contributed by atoms with Gasteiger partial charge in [-0.3, -0.25) is 0 Å². The van der Waals surface area contributed by atoms with E-state index in [4.69, 9.17) is 5.11 Å². The van der Waals surface area contributed by atoms with Gasteiger partial charge in [-0.15, -0.1) is 9.05 Å². The van der Waals surface area contributed by atoms with Crippen LogP contribution in [0.15, 0.2) is 0 Å². The third-order valence-electron chi connectivity index (χ3n) is 0.387. The van der Waals surface area contributed by atoms with Crippen molar-refractivity contribution in [2.75, 3.05) is 6.61 Å². The molecular weight excluding hydrogens is 154 g/mol. The minimum atomic E-state index is -2.47. The first-order chi connectivity index (χ1) is 4.16. The second kappa shape index (κ2) is 7.04. The van der Waals surface area contributed by atoms with Gasteiger partial charge in [-0.1, -0.05) is 0 Å². The summed E-state index contributed by atoms with van der Waals surface area (Å²) in [5.74, 6) is 0. The summed E-state index contributed by atoms with van der Waals surface area (Å²) >= 11 is 0. The van der Waals surface area contributed by atoms with Crippen LogP contribution in [-0.2, 0) is 13.6 Å². The molecule has 10 heavy (non-hydrogen) atoms. The van der Waals surface area contributed by atoms with Gasteiger partial charge in [-0.05, 0) is 6.92 Å². The maximum absolute atomic E-state index is 10.2. The van der Waals surface area contributed by atoms with Gasteiger partial charge in [0.05, 0.1) is 0 Å². The molecule has 54 valence electrons. The zero-order chi connectivity index (χ0) is 7.28. The third kappa shape index (κ3) is 7.93. The van der Waals surface area contributed by atoms with Gasteiger partial charge in [0.2, 0.25) is 0 Å². The van der Waals surface area contributed by atoms with E-state index >= 15 is 0 Å². The first-order valence-electron chi connectivity index (χ1n) is 2.18. The molecule has 0 saturated heterocycles. The van der Waals surface area contributed by atoms with Crippen molar-refractivity contribution in [2.24, 2.45) is 0 Å². The molecule has 0 aliphatic carbocycles. The van der Waals surface area contributed by atoms with Crippen LogP contribution in [0.4, 0.5) is 4.79 Å². The predicted octanol–water partition coefficient (Wildman–Crippen LogP) is -1.51. The molecule has 0 aromatic carbocycles. The van der Waals surface area contributed by atoms with E-state index in [1.165, 1.54) is 0 Å². The van der Waals surface area contributed by atoms with E-state index in [0.717, 1.165) is 0 Å². The van der Waals surface area contributed by atoms with Crippen LogP contribution in [-0.4, -0.2) is 17.9 Å². The summed E-state index contributed by atoms with van der Waals surface area (Å²) in [6.45, 7) is 1.75. The quantitative estimate of drug-likeness (QED) is 0.402. The average molecular weight is 161 g/mol. The first kappa shape index (κ1) is 12.6. The summed E-state index contributed by atoms with van der Waals surface area (Å²) in [7, 11) is -2.47. The van der Waals surface area contributed by atoms with Gasteiger partial charge in [0.1, 0.15) is 6.61 Å². The molecule has 0 heterocycles. The zero-order valence-electron chi connectivity index (χ0n) is 6.73. The summed E-state index contributed by atoms with van der Waals surface area (Å²) in [5.41, 5.74) is 0. The second-order valence-corrected chi connectivity index (χ2v) is 1.89. The first-order valence-corrected chi connectivity index (χ1v) is 3.27. The van der Waals surface area contributed by atoms with Gasteiger partial charge in [-0.2, -0.15) is 4.79 Å². The minimum Gasteiger partial charge on any atom is -1.00 e. The molecule has 5 nitrogen and oxygen atoms in total. The average Bonchev–Trinajstić information content (AvgIpc) is 1.63. The molecule has 1 N–H and O–H groups in total. The molecule has 0 radical (unpaired) electrons. The minimum absolute atomic E-state index is 0. The Morgan fingerprint density at radius 1 is 1.80 bits per heavy atom. The Kier molecular flexibility index (Phi) is 8.86. The van der Waals surface area contributed by atoms with Crippen LogP contribution in [0.5, 0.6) is 0 Å². The van der Waals surface area contributed by atoms with Gasteiger partial charge in [0, 0.05) is 4.57 Å². The second-order valence-electron chi connectivity index (χ2n) is 0.999. The summed E-state index contributed by atoms with van der Waals surface area (Å²) in [5, 5.41) is 7.82. The van der Waals surface area contributed by atoms with Crippen LogP contribution in [0.2, 0.25) is 0 Å². The van der Waals surface area contributed by atoms with E-state index in [-0.39, 0.29) is 26.9 Å². The SMILES string of the molecule is CCO[P+](=O)OC(=O)O.[H-].[Li+]. The van der Waals surface area contributed by atoms with Crippen LogP contribution in [0, 0.1) is 0 Å². The van der Waals surface area contributed by atoms with Crippen LogP contribution in [0.1, 0.15) is 8.35 Å². The van der Waals surface area contributed by atoms with Gasteiger partial charge < -0.3 is 6.53 Å².